The Morgan fingerprint density at radius 1 is 0.562 bits per heavy atom. The van der Waals surface area contributed by atoms with Crippen LogP contribution in [0.25, 0.3) is 0 Å². The van der Waals surface area contributed by atoms with E-state index < -0.39 is 51.2 Å². The summed E-state index contributed by atoms with van der Waals surface area (Å²) in [4.78, 5) is 12.4. The van der Waals surface area contributed by atoms with Gasteiger partial charge in [-0.15, -0.1) is 9.42 Å². The molecule has 1 unspecified atom stereocenters. The molecule has 0 radical (unpaired) electrons. The molecule has 344 valence electrons. The number of hydrogen-bond acceptors (Lipinski definition) is 11. The molecule has 6 rings (SSSR count). The van der Waals surface area contributed by atoms with Gasteiger partial charge >= 0.3 is 8.25 Å². The lowest BCUT2D eigenvalue weighted by atomic mass is 10.1. The van der Waals surface area contributed by atoms with E-state index in [1.165, 1.54) is 19.6 Å². The molecule has 0 spiro atoms. The molecule has 5 aromatic rings. The van der Waals surface area contributed by atoms with Crippen molar-refractivity contribution in [2.75, 3.05) is 39.5 Å². The third kappa shape index (κ3) is 17.6. The monoisotopic (exact) mass is 898 g/mol. The van der Waals surface area contributed by atoms with E-state index in [1.807, 2.05) is 152 Å². The van der Waals surface area contributed by atoms with E-state index in [0.29, 0.717) is 6.61 Å². The van der Waals surface area contributed by atoms with Crippen LogP contribution in [0.5, 0.6) is 0 Å². The highest BCUT2D eigenvalue weighted by molar-refractivity contribution is 7.32. The van der Waals surface area contributed by atoms with E-state index in [4.69, 9.17) is 37.7 Å². The first kappa shape index (κ1) is 50.8. The van der Waals surface area contributed by atoms with Crippen LogP contribution >= 0.6 is 8.25 Å². The van der Waals surface area contributed by atoms with Gasteiger partial charge < -0.3 is 43.2 Å². The molecule has 1 aliphatic heterocycles. The van der Waals surface area contributed by atoms with Crippen molar-refractivity contribution in [3.63, 3.8) is 0 Å². The summed E-state index contributed by atoms with van der Waals surface area (Å²) < 4.78 is 62.7. The van der Waals surface area contributed by atoms with Gasteiger partial charge in [0.05, 0.1) is 52.9 Å². The van der Waals surface area contributed by atoms with E-state index in [-0.39, 0.29) is 46.2 Å². The molecule has 1 fully saturated rings. The van der Waals surface area contributed by atoms with Gasteiger partial charge in [-0.3, -0.25) is 0 Å². The molecular formula is C51H65NO11P+. The SMILES string of the molecule is CCN(CC)CC.O=[P+](O)O[C@H]1[C@@H](OCc2ccccc2)[C@H](OC[C@H](OCc2ccccc2)[C@H](OCc2ccccc2)[C@@H](CO)OCc2ccccc2)O[C@@H]1COCc1ccccc1. The summed E-state index contributed by atoms with van der Waals surface area (Å²) in [6.45, 7) is 10.8. The van der Waals surface area contributed by atoms with Crippen LogP contribution in [0, 0.1) is 0 Å². The number of aliphatic hydroxyl groups is 1. The smallest absolute Gasteiger partial charge is 0.394 e. The summed E-state index contributed by atoms with van der Waals surface area (Å²) in [7, 11) is -3.04. The Balaban J connectivity index is 0.00000102. The maximum atomic E-state index is 12.2. The normalized spacial score (nSPS) is 18.8. The van der Waals surface area contributed by atoms with E-state index >= 15 is 0 Å². The molecule has 0 aliphatic carbocycles. The van der Waals surface area contributed by atoms with Crippen molar-refractivity contribution in [3.05, 3.63) is 179 Å². The van der Waals surface area contributed by atoms with Crippen LogP contribution in [0.1, 0.15) is 48.6 Å². The topological polar surface area (TPSA) is 135 Å². The summed E-state index contributed by atoms with van der Waals surface area (Å²) in [6.07, 6.45) is -6.30. The third-order valence-corrected chi connectivity index (χ3v) is 11.2. The Morgan fingerprint density at radius 2 is 0.984 bits per heavy atom. The van der Waals surface area contributed by atoms with Gasteiger partial charge in [-0.2, -0.15) is 0 Å². The second-order valence-electron chi connectivity index (χ2n) is 15.2. The molecule has 1 aliphatic rings. The molecule has 12 nitrogen and oxygen atoms in total. The van der Waals surface area contributed by atoms with Crippen LogP contribution in [0.3, 0.4) is 0 Å². The van der Waals surface area contributed by atoms with Crippen LogP contribution in [0.2, 0.25) is 0 Å². The van der Waals surface area contributed by atoms with Gasteiger partial charge in [0.1, 0.15) is 30.5 Å². The second kappa shape index (κ2) is 29.3. The van der Waals surface area contributed by atoms with E-state index in [1.54, 1.807) is 0 Å². The lowest BCUT2D eigenvalue weighted by molar-refractivity contribution is -0.222. The zero-order valence-electron chi connectivity index (χ0n) is 37.2. The predicted molar refractivity (Wildman–Crippen MR) is 246 cm³/mol. The Bertz CT molecular complexity index is 1940. The van der Waals surface area contributed by atoms with Crippen LogP contribution in [0.4, 0.5) is 0 Å². The van der Waals surface area contributed by atoms with E-state index in [2.05, 4.69) is 25.7 Å². The second-order valence-corrected chi connectivity index (χ2v) is 15.9. The van der Waals surface area contributed by atoms with Gasteiger partial charge in [-0.05, 0) is 47.5 Å². The van der Waals surface area contributed by atoms with Crippen molar-refractivity contribution >= 4 is 8.25 Å². The number of hydrogen-bond donors (Lipinski definition) is 2. The molecule has 13 heteroatoms. The van der Waals surface area contributed by atoms with Crippen LogP contribution < -0.4 is 0 Å². The van der Waals surface area contributed by atoms with Crippen molar-refractivity contribution in [1.29, 1.82) is 0 Å². The van der Waals surface area contributed by atoms with Gasteiger partial charge in [0.15, 0.2) is 12.4 Å². The minimum Gasteiger partial charge on any atom is -0.394 e. The Hall–Kier alpha value is -4.24. The number of rotatable bonds is 27. The minimum absolute atomic E-state index is 0.0322. The predicted octanol–water partition coefficient (Wildman–Crippen LogP) is 8.66. The molecule has 1 saturated heterocycles. The first-order valence-electron chi connectivity index (χ1n) is 22.1. The van der Waals surface area contributed by atoms with Crippen molar-refractivity contribution in [3.8, 4) is 0 Å². The largest absolute Gasteiger partial charge is 0.695 e. The average Bonchev–Trinajstić information content (AvgIpc) is 3.66. The third-order valence-electron chi connectivity index (χ3n) is 10.7. The summed E-state index contributed by atoms with van der Waals surface area (Å²) >= 11 is 0. The minimum atomic E-state index is -3.04. The first-order valence-corrected chi connectivity index (χ1v) is 23.2. The first-order chi connectivity index (χ1) is 31.4. The van der Waals surface area contributed by atoms with Gasteiger partial charge in [-0.1, -0.05) is 172 Å². The number of benzene rings is 5. The Morgan fingerprint density at radius 3 is 1.41 bits per heavy atom. The lowest BCUT2D eigenvalue weighted by Gasteiger charge is -2.34. The fourth-order valence-electron chi connectivity index (χ4n) is 7.13. The fraction of sp³-hybridized carbons (Fsp3) is 0.412. The van der Waals surface area contributed by atoms with E-state index in [9.17, 15) is 14.6 Å². The van der Waals surface area contributed by atoms with Crippen molar-refractivity contribution in [2.24, 2.45) is 0 Å². The number of aliphatic hydroxyl groups excluding tert-OH is 1. The summed E-state index contributed by atoms with van der Waals surface area (Å²) in [5.74, 6) is 0. The molecule has 64 heavy (non-hydrogen) atoms. The molecular weight excluding hydrogens is 834 g/mol. The molecule has 0 aromatic heterocycles. The van der Waals surface area contributed by atoms with Crippen LogP contribution in [0.15, 0.2) is 152 Å². The lowest BCUT2D eigenvalue weighted by Crippen LogP contribution is -2.48. The summed E-state index contributed by atoms with van der Waals surface area (Å²) in [5.41, 5.74) is 4.62. The zero-order valence-corrected chi connectivity index (χ0v) is 38.1. The van der Waals surface area contributed by atoms with Gasteiger partial charge in [0.25, 0.3) is 0 Å². The highest BCUT2D eigenvalue weighted by atomic mass is 31.1. The van der Waals surface area contributed by atoms with Gasteiger partial charge in [0, 0.05) is 4.57 Å². The standard InChI is InChI=1S/C45H49O11P.C6H15N/c46-26-39(50-28-35-18-8-2-9-19-35)42(52-30-37-22-12-4-13-23-37)40(51-29-36-20-10-3-11-21-36)33-54-45-44(53-31-38-24-14-5-15-25-38)43(56-57(47)48)41(55-45)32-49-27-34-16-6-1-7-17-34;1-4-7(5-2)6-3/h1-25,39-46H,26-33H2;4-6H2,1-3H3/p+1/t39-,40+,41-,42-,43-,44-,45-;/m1./s1. The molecule has 8 atom stereocenters. The summed E-state index contributed by atoms with van der Waals surface area (Å²) in [5, 5.41) is 10.8. The maximum absolute atomic E-state index is 12.2. The molecule has 2 N–H and O–H groups in total. The maximum Gasteiger partial charge on any atom is 0.695 e. The van der Waals surface area contributed by atoms with Crippen molar-refractivity contribution in [2.45, 2.75) is 96.7 Å². The number of nitrogens with zero attached hydrogens (tertiary/aromatic N) is 1. The quantitative estimate of drug-likeness (QED) is 0.0489. The van der Waals surface area contributed by atoms with Gasteiger partial charge in [0.2, 0.25) is 0 Å². The highest BCUT2D eigenvalue weighted by Crippen LogP contribution is 2.35. The molecule has 0 saturated carbocycles. The summed E-state index contributed by atoms with van der Waals surface area (Å²) in [6, 6.07) is 48.3. The van der Waals surface area contributed by atoms with E-state index in [0.717, 1.165) is 27.8 Å². The Kier molecular flexibility index (Phi) is 23.3. The number of ether oxygens (including phenoxy) is 7. The van der Waals surface area contributed by atoms with Crippen LogP contribution in [-0.4, -0.2) is 97.3 Å². The Labute approximate surface area is 379 Å². The van der Waals surface area contributed by atoms with Crippen LogP contribution in [-0.2, 0) is 75.3 Å². The molecule has 0 bridgehead atoms. The fourth-order valence-corrected chi connectivity index (χ4v) is 7.59. The molecule has 0 amide bonds. The van der Waals surface area contributed by atoms with Crippen molar-refractivity contribution in [1.82, 2.24) is 4.90 Å². The molecule has 1 heterocycles. The highest BCUT2D eigenvalue weighted by Gasteiger charge is 2.52. The molecule has 5 aromatic carbocycles. The zero-order chi connectivity index (χ0) is 45.2. The average molecular weight is 899 g/mol. The van der Waals surface area contributed by atoms with Crippen molar-refractivity contribution < 1.29 is 52.2 Å². The van der Waals surface area contributed by atoms with Gasteiger partial charge in [-0.25, -0.2) is 0 Å².